The topological polar surface area (TPSA) is 12.0 Å². The van der Waals surface area contributed by atoms with Crippen molar-refractivity contribution < 1.29 is 0 Å². The molecule has 0 radical (unpaired) electrons. The first-order chi connectivity index (χ1) is 20.4. The second-order valence-corrected chi connectivity index (χ2v) is 14.4. The van der Waals surface area contributed by atoms with Crippen LogP contribution in [0.15, 0.2) is 176 Å². The molecule has 41 heavy (non-hydrogen) atoms. The van der Waals surface area contributed by atoms with E-state index in [1.165, 1.54) is 37.8 Å². The van der Waals surface area contributed by atoms with E-state index in [0.29, 0.717) is 0 Å². The zero-order valence-corrected chi connectivity index (χ0v) is 24.7. The number of hydrogen-bond donors (Lipinski definition) is 1. The second kappa shape index (κ2) is 13.6. The van der Waals surface area contributed by atoms with Crippen molar-refractivity contribution in [2.45, 2.75) is 6.04 Å². The minimum absolute atomic E-state index is 0.146. The van der Waals surface area contributed by atoms with Crippen molar-refractivity contribution >= 4 is 48.1 Å². The molecule has 0 aliphatic heterocycles. The molecule has 3 heteroatoms. The highest BCUT2D eigenvalue weighted by atomic mass is 31.1. The summed E-state index contributed by atoms with van der Waals surface area (Å²) in [5, 5.41) is 11.0. The van der Waals surface area contributed by atoms with Gasteiger partial charge in [0, 0.05) is 17.2 Å². The third kappa shape index (κ3) is 6.66. The fourth-order valence-electron chi connectivity index (χ4n) is 5.24. The molecule has 1 atom stereocenters. The lowest BCUT2D eigenvalue weighted by Crippen LogP contribution is -2.26. The molecule has 6 aromatic rings. The maximum absolute atomic E-state index is 4.09. The van der Waals surface area contributed by atoms with E-state index in [1.807, 2.05) is 0 Å². The van der Waals surface area contributed by atoms with Gasteiger partial charge in [0.05, 0.1) is 6.04 Å². The summed E-state index contributed by atoms with van der Waals surface area (Å²) >= 11 is 0. The zero-order chi connectivity index (χ0) is 27.7. The van der Waals surface area contributed by atoms with Crippen LogP contribution in [0.1, 0.15) is 11.6 Å². The lowest BCUT2D eigenvalue weighted by Gasteiger charge is -2.29. The number of nitrogens with one attached hydrogen (secondary N) is 1. The molecule has 6 aromatic carbocycles. The molecule has 1 unspecified atom stereocenters. The lowest BCUT2D eigenvalue weighted by molar-refractivity contribution is 0.897. The Bertz CT molecular complexity index is 1550. The van der Waals surface area contributed by atoms with Crippen LogP contribution < -0.4 is 31.8 Å². The van der Waals surface area contributed by atoms with Gasteiger partial charge in [-0.2, -0.15) is 0 Å². The maximum atomic E-state index is 4.09. The van der Waals surface area contributed by atoms with Crippen LogP contribution in [0.4, 0.5) is 5.69 Å². The van der Waals surface area contributed by atoms with E-state index in [-0.39, 0.29) is 6.04 Å². The van der Waals surface area contributed by atoms with Gasteiger partial charge in [0.25, 0.3) is 0 Å². The quantitative estimate of drug-likeness (QED) is 0.168. The zero-order valence-electron chi connectivity index (χ0n) is 22.9. The minimum atomic E-state index is -0.731. The van der Waals surface area contributed by atoms with Crippen LogP contribution in [-0.4, -0.2) is 6.16 Å². The standard InChI is InChI=1S/C38H33NP2/c1-6-18-31(19-7-1)37(30-40(32-20-8-2-9-21-32)33-22-10-3-11-23-33)39-36-28-16-17-29-38(36)41(34-24-12-4-13-25-34)35-26-14-5-15-27-35/h1-29,37,39H,30H2. The van der Waals surface area contributed by atoms with Gasteiger partial charge in [0.1, 0.15) is 0 Å². The molecule has 0 saturated carbocycles. The molecule has 1 nitrogen and oxygen atoms in total. The highest BCUT2D eigenvalue weighted by Crippen LogP contribution is 2.41. The average Bonchev–Trinajstić information content (AvgIpc) is 3.06. The molecule has 0 spiro atoms. The maximum Gasteiger partial charge on any atom is 0.0559 e. The van der Waals surface area contributed by atoms with Crippen LogP contribution in [0.3, 0.4) is 0 Å². The summed E-state index contributed by atoms with van der Waals surface area (Å²) in [6.45, 7) is 0. The number of para-hydroxylation sites is 1. The smallest absolute Gasteiger partial charge is 0.0559 e. The summed E-state index contributed by atoms with van der Waals surface area (Å²) in [6, 6.07) is 64.0. The normalized spacial score (nSPS) is 11.9. The van der Waals surface area contributed by atoms with Crippen molar-refractivity contribution in [3.8, 4) is 0 Å². The summed E-state index contributed by atoms with van der Waals surface area (Å²) < 4.78 is 0. The minimum Gasteiger partial charge on any atom is -0.377 e. The van der Waals surface area contributed by atoms with Crippen molar-refractivity contribution in [3.05, 3.63) is 181 Å². The Hall–Kier alpha value is -4.02. The van der Waals surface area contributed by atoms with Gasteiger partial charge >= 0.3 is 0 Å². The fourth-order valence-corrected chi connectivity index (χ4v) is 10.1. The van der Waals surface area contributed by atoms with Gasteiger partial charge in [-0.3, -0.25) is 0 Å². The van der Waals surface area contributed by atoms with E-state index in [9.17, 15) is 0 Å². The van der Waals surface area contributed by atoms with Crippen LogP contribution in [-0.2, 0) is 0 Å². The number of anilines is 1. The van der Waals surface area contributed by atoms with Gasteiger partial charge < -0.3 is 5.32 Å². The van der Waals surface area contributed by atoms with Crippen LogP contribution in [0.25, 0.3) is 0 Å². The molecule has 0 fully saturated rings. The number of rotatable bonds is 10. The Morgan fingerprint density at radius 1 is 0.415 bits per heavy atom. The molecule has 1 N–H and O–H groups in total. The monoisotopic (exact) mass is 565 g/mol. The van der Waals surface area contributed by atoms with Gasteiger partial charge in [-0.1, -0.05) is 170 Å². The molecule has 6 rings (SSSR count). The van der Waals surface area contributed by atoms with E-state index < -0.39 is 15.8 Å². The van der Waals surface area contributed by atoms with Gasteiger partial charge in [-0.25, -0.2) is 0 Å². The third-order valence-electron chi connectivity index (χ3n) is 7.21. The molecule has 0 aliphatic rings. The largest absolute Gasteiger partial charge is 0.377 e. The number of hydrogen-bond acceptors (Lipinski definition) is 1. The predicted molar refractivity (Wildman–Crippen MR) is 182 cm³/mol. The van der Waals surface area contributed by atoms with E-state index in [0.717, 1.165) is 6.16 Å². The summed E-state index contributed by atoms with van der Waals surface area (Å²) in [5.41, 5.74) is 2.52. The Balaban J connectivity index is 1.43. The Morgan fingerprint density at radius 3 is 1.29 bits per heavy atom. The van der Waals surface area contributed by atoms with Crippen LogP contribution in [0.2, 0.25) is 0 Å². The fraction of sp³-hybridized carbons (Fsp3) is 0.0526. The molecule has 200 valence electrons. The van der Waals surface area contributed by atoms with E-state index in [2.05, 4.69) is 181 Å². The highest BCUT2D eigenvalue weighted by Gasteiger charge is 2.24. The highest BCUT2D eigenvalue weighted by molar-refractivity contribution is 7.80. The predicted octanol–water partition coefficient (Wildman–Crippen LogP) is 7.73. The third-order valence-corrected chi connectivity index (χ3v) is 12.3. The first kappa shape index (κ1) is 27.2. The summed E-state index contributed by atoms with van der Waals surface area (Å²) in [5.74, 6) is 0. The first-order valence-corrected chi connectivity index (χ1v) is 16.9. The molecule has 0 aromatic heterocycles. The van der Waals surface area contributed by atoms with E-state index >= 15 is 0 Å². The molecule has 0 bridgehead atoms. The Kier molecular flexibility index (Phi) is 8.98. The van der Waals surface area contributed by atoms with Crippen molar-refractivity contribution in [2.24, 2.45) is 0 Å². The summed E-state index contributed by atoms with van der Waals surface area (Å²) in [6.07, 6.45) is 0.996. The van der Waals surface area contributed by atoms with Crippen molar-refractivity contribution in [2.75, 3.05) is 11.5 Å². The summed E-state index contributed by atoms with van der Waals surface area (Å²) in [4.78, 5) is 0. The van der Waals surface area contributed by atoms with E-state index in [4.69, 9.17) is 0 Å². The molecule has 0 heterocycles. The lowest BCUT2D eigenvalue weighted by atomic mass is 10.1. The van der Waals surface area contributed by atoms with Crippen molar-refractivity contribution in [1.29, 1.82) is 0 Å². The van der Waals surface area contributed by atoms with Crippen LogP contribution >= 0.6 is 15.8 Å². The Morgan fingerprint density at radius 2 is 0.805 bits per heavy atom. The number of benzene rings is 6. The van der Waals surface area contributed by atoms with Crippen LogP contribution in [0.5, 0.6) is 0 Å². The Labute approximate surface area is 246 Å². The van der Waals surface area contributed by atoms with Crippen molar-refractivity contribution in [1.82, 2.24) is 0 Å². The van der Waals surface area contributed by atoms with Gasteiger partial charge in [0.2, 0.25) is 0 Å². The van der Waals surface area contributed by atoms with Gasteiger partial charge in [-0.05, 0) is 48.7 Å². The molecular weight excluding hydrogens is 532 g/mol. The van der Waals surface area contributed by atoms with Gasteiger partial charge in [-0.15, -0.1) is 0 Å². The molecule has 0 amide bonds. The molecule has 0 aliphatic carbocycles. The molecule has 0 saturated heterocycles. The average molecular weight is 566 g/mol. The van der Waals surface area contributed by atoms with Crippen LogP contribution in [0, 0.1) is 0 Å². The SMILES string of the molecule is c1ccc(C(CP(c2ccccc2)c2ccccc2)Nc2ccccc2P(c2ccccc2)c2ccccc2)cc1. The molecular formula is C38H33NP2. The van der Waals surface area contributed by atoms with E-state index in [1.54, 1.807) is 0 Å². The van der Waals surface area contributed by atoms with Crippen molar-refractivity contribution in [3.63, 3.8) is 0 Å². The van der Waals surface area contributed by atoms with Gasteiger partial charge in [0.15, 0.2) is 0 Å². The first-order valence-electron chi connectivity index (χ1n) is 14.1. The second-order valence-electron chi connectivity index (χ2n) is 9.91. The summed E-state index contributed by atoms with van der Waals surface area (Å²) in [7, 11) is -1.31.